The van der Waals surface area contributed by atoms with Gasteiger partial charge in [0, 0.05) is 21.0 Å². The molecule has 9 heteroatoms. The summed E-state index contributed by atoms with van der Waals surface area (Å²) in [7, 11) is -1.27. The zero-order valence-electron chi connectivity index (χ0n) is 13.3. The highest BCUT2D eigenvalue weighted by atomic mass is 28.3. The van der Waals surface area contributed by atoms with Gasteiger partial charge in [0.05, 0.1) is 25.7 Å². The smallest absolute Gasteiger partial charge is 0.407 e. The standard InChI is InChI=1S/C13H26N2O6Si/c1-22(2,3)7-6-21-13(20)14-8-10(9-16)15-11(17)4-5-12(18)19/h10,16H,4-9H2,1-3H3,(H,14,20)(H,15,17)(H,18,19). The lowest BCUT2D eigenvalue weighted by atomic mass is 10.2. The number of aliphatic hydroxyl groups is 1. The number of carbonyl (C=O) groups excluding carboxylic acids is 2. The summed E-state index contributed by atoms with van der Waals surface area (Å²) < 4.78 is 5.01. The molecule has 0 aliphatic rings. The van der Waals surface area contributed by atoms with E-state index in [1.54, 1.807) is 0 Å². The SMILES string of the molecule is C[Si](C)(C)CCOC(=O)NCC(CO)NC(=O)CCC(=O)O. The van der Waals surface area contributed by atoms with Crippen LogP contribution in [0.3, 0.4) is 0 Å². The van der Waals surface area contributed by atoms with Crippen molar-refractivity contribution in [2.45, 2.75) is 44.6 Å². The summed E-state index contributed by atoms with van der Waals surface area (Å²) in [5.74, 6) is -1.56. The Morgan fingerprint density at radius 1 is 1.18 bits per heavy atom. The molecule has 1 unspecified atom stereocenters. The predicted octanol–water partition coefficient (Wildman–Crippen LogP) is 0.393. The fraction of sp³-hybridized carbons (Fsp3) is 0.769. The molecule has 0 rings (SSSR count). The van der Waals surface area contributed by atoms with Crippen molar-refractivity contribution in [2.75, 3.05) is 19.8 Å². The van der Waals surface area contributed by atoms with E-state index in [2.05, 4.69) is 30.3 Å². The lowest BCUT2D eigenvalue weighted by molar-refractivity contribution is -0.138. The molecule has 0 saturated heterocycles. The molecule has 128 valence electrons. The van der Waals surface area contributed by atoms with Crippen molar-refractivity contribution in [1.82, 2.24) is 10.6 Å². The third-order valence-electron chi connectivity index (χ3n) is 2.73. The number of aliphatic hydroxyl groups excluding tert-OH is 1. The molecule has 0 aromatic heterocycles. The van der Waals surface area contributed by atoms with Crippen LogP contribution in [0, 0.1) is 0 Å². The molecule has 2 amide bonds. The van der Waals surface area contributed by atoms with Crippen LogP contribution in [0.15, 0.2) is 0 Å². The van der Waals surface area contributed by atoms with Gasteiger partial charge in [-0.05, 0) is 6.04 Å². The lowest BCUT2D eigenvalue weighted by Gasteiger charge is -2.18. The highest BCUT2D eigenvalue weighted by Crippen LogP contribution is 2.07. The number of rotatable bonds is 10. The molecule has 0 aromatic rings. The third kappa shape index (κ3) is 12.2. The molecular formula is C13H26N2O6Si. The van der Waals surface area contributed by atoms with Crippen molar-refractivity contribution in [3.63, 3.8) is 0 Å². The van der Waals surface area contributed by atoms with Crippen molar-refractivity contribution >= 4 is 26.0 Å². The molecule has 0 aliphatic carbocycles. The van der Waals surface area contributed by atoms with E-state index < -0.39 is 32.1 Å². The molecule has 8 nitrogen and oxygen atoms in total. The molecule has 0 fully saturated rings. The van der Waals surface area contributed by atoms with Crippen molar-refractivity contribution in [3.8, 4) is 0 Å². The second-order valence-electron chi connectivity index (χ2n) is 6.17. The Morgan fingerprint density at radius 2 is 1.82 bits per heavy atom. The first-order valence-electron chi connectivity index (χ1n) is 7.16. The van der Waals surface area contributed by atoms with Gasteiger partial charge in [0.15, 0.2) is 0 Å². The van der Waals surface area contributed by atoms with E-state index in [0.29, 0.717) is 6.61 Å². The Labute approximate surface area is 131 Å². The van der Waals surface area contributed by atoms with Crippen LogP contribution >= 0.6 is 0 Å². The van der Waals surface area contributed by atoms with Gasteiger partial charge in [-0.25, -0.2) is 4.79 Å². The summed E-state index contributed by atoms with van der Waals surface area (Å²) in [6, 6.07) is 0.182. The summed E-state index contributed by atoms with van der Waals surface area (Å²) in [6.45, 7) is 6.50. The summed E-state index contributed by atoms with van der Waals surface area (Å²) in [4.78, 5) is 33.2. The minimum absolute atomic E-state index is 0.0150. The van der Waals surface area contributed by atoms with Crippen LogP contribution in [0.4, 0.5) is 4.79 Å². The normalized spacial score (nSPS) is 12.4. The van der Waals surface area contributed by atoms with Gasteiger partial charge in [0.25, 0.3) is 0 Å². The number of ether oxygens (including phenoxy) is 1. The maximum atomic E-state index is 11.5. The molecule has 4 N–H and O–H groups in total. The van der Waals surface area contributed by atoms with Gasteiger partial charge < -0.3 is 25.6 Å². The molecule has 0 heterocycles. The molecule has 0 radical (unpaired) electrons. The molecule has 1 atom stereocenters. The van der Waals surface area contributed by atoms with Crippen LogP contribution in [0.25, 0.3) is 0 Å². The molecule has 0 bridgehead atoms. The van der Waals surface area contributed by atoms with E-state index >= 15 is 0 Å². The summed E-state index contributed by atoms with van der Waals surface area (Å²) >= 11 is 0. The topological polar surface area (TPSA) is 125 Å². The number of carboxylic acids is 1. The number of hydrogen-bond donors (Lipinski definition) is 4. The number of amides is 2. The average molecular weight is 334 g/mol. The van der Waals surface area contributed by atoms with Gasteiger partial charge in [-0.15, -0.1) is 0 Å². The van der Waals surface area contributed by atoms with Gasteiger partial charge in [0.2, 0.25) is 5.91 Å². The molecule has 0 spiro atoms. The lowest BCUT2D eigenvalue weighted by Crippen LogP contribution is -2.46. The Kier molecular flexibility index (Phi) is 9.42. The minimum Gasteiger partial charge on any atom is -0.481 e. The van der Waals surface area contributed by atoms with Gasteiger partial charge in [-0.2, -0.15) is 0 Å². The number of aliphatic carboxylic acids is 1. The molecule has 0 aromatic carbocycles. The van der Waals surface area contributed by atoms with Crippen LogP contribution in [-0.2, 0) is 14.3 Å². The van der Waals surface area contributed by atoms with Crippen LogP contribution in [0.2, 0.25) is 25.7 Å². The summed E-state index contributed by atoms with van der Waals surface area (Å²) in [5.41, 5.74) is 0. The summed E-state index contributed by atoms with van der Waals surface area (Å²) in [5, 5.41) is 22.5. The van der Waals surface area contributed by atoms with Crippen molar-refractivity contribution < 1.29 is 29.3 Å². The minimum atomic E-state index is -1.27. The van der Waals surface area contributed by atoms with E-state index in [1.165, 1.54) is 0 Å². The summed E-state index contributed by atoms with van der Waals surface area (Å²) in [6.07, 6.45) is -1.06. The van der Waals surface area contributed by atoms with Gasteiger partial charge in [-0.1, -0.05) is 19.6 Å². The zero-order valence-corrected chi connectivity index (χ0v) is 14.3. The fourth-order valence-corrected chi connectivity index (χ4v) is 2.10. The first kappa shape index (κ1) is 20.4. The second-order valence-corrected chi connectivity index (χ2v) is 11.8. The van der Waals surface area contributed by atoms with Gasteiger partial charge >= 0.3 is 12.1 Å². The molecular weight excluding hydrogens is 308 g/mol. The fourth-order valence-electron chi connectivity index (χ4n) is 1.39. The maximum absolute atomic E-state index is 11.5. The molecule has 22 heavy (non-hydrogen) atoms. The van der Waals surface area contributed by atoms with E-state index in [9.17, 15) is 14.4 Å². The monoisotopic (exact) mass is 334 g/mol. The van der Waals surface area contributed by atoms with E-state index in [4.69, 9.17) is 14.9 Å². The quantitative estimate of drug-likeness (QED) is 0.428. The van der Waals surface area contributed by atoms with Crippen molar-refractivity contribution in [3.05, 3.63) is 0 Å². The van der Waals surface area contributed by atoms with Gasteiger partial charge in [-0.3, -0.25) is 9.59 Å². The largest absolute Gasteiger partial charge is 0.481 e. The Morgan fingerprint density at radius 3 is 2.32 bits per heavy atom. The Balaban J connectivity index is 3.95. The third-order valence-corrected chi connectivity index (χ3v) is 4.43. The highest BCUT2D eigenvalue weighted by molar-refractivity contribution is 6.76. The van der Waals surface area contributed by atoms with Crippen LogP contribution in [0.5, 0.6) is 0 Å². The Bertz CT molecular complexity index is 383. The number of carboxylic acid groups (broad SMARTS) is 1. The van der Waals surface area contributed by atoms with Crippen LogP contribution in [0.1, 0.15) is 12.8 Å². The number of carbonyl (C=O) groups is 3. The van der Waals surface area contributed by atoms with E-state index in [0.717, 1.165) is 6.04 Å². The van der Waals surface area contributed by atoms with Crippen LogP contribution < -0.4 is 10.6 Å². The molecule has 0 saturated carbocycles. The van der Waals surface area contributed by atoms with E-state index in [1.807, 2.05) is 0 Å². The van der Waals surface area contributed by atoms with Gasteiger partial charge in [0.1, 0.15) is 0 Å². The predicted molar refractivity (Wildman–Crippen MR) is 83.4 cm³/mol. The second kappa shape index (κ2) is 10.2. The molecule has 0 aliphatic heterocycles. The number of hydrogen-bond acceptors (Lipinski definition) is 5. The first-order chi connectivity index (χ1) is 10.1. The zero-order chi connectivity index (χ0) is 17.2. The van der Waals surface area contributed by atoms with Crippen LogP contribution in [-0.4, -0.2) is 62.1 Å². The average Bonchev–Trinajstić information content (AvgIpc) is 2.39. The number of nitrogens with one attached hydrogen (secondary N) is 2. The Hall–Kier alpha value is -1.61. The highest BCUT2D eigenvalue weighted by Gasteiger charge is 2.16. The number of alkyl carbamates (subject to hydrolysis) is 1. The first-order valence-corrected chi connectivity index (χ1v) is 10.9. The maximum Gasteiger partial charge on any atom is 0.407 e. The van der Waals surface area contributed by atoms with Crippen molar-refractivity contribution in [1.29, 1.82) is 0 Å². The van der Waals surface area contributed by atoms with E-state index in [-0.39, 0.29) is 26.0 Å². The van der Waals surface area contributed by atoms with Crippen molar-refractivity contribution in [2.24, 2.45) is 0 Å².